The van der Waals surface area contributed by atoms with Crippen molar-refractivity contribution < 1.29 is 14.3 Å². The third-order valence-electron chi connectivity index (χ3n) is 4.47. The fourth-order valence-corrected chi connectivity index (χ4v) is 3.18. The predicted octanol–water partition coefficient (Wildman–Crippen LogP) is 1.77. The van der Waals surface area contributed by atoms with Crippen molar-refractivity contribution >= 4 is 22.9 Å². The molecule has 0 spiro atoms. The van der Waals surface area contributed by atoms with Gasteiger partial charge >= 0.3 is 5.97 Å². The smallest absolute Gasteiger partial charge is 0.328 e. The lowest BCUT2D eigenvalue weighted by Gasteiger charge is -2.35. The minimum atomic E-state index is -0.482. The van der Waals surface area contributed by atoms with Crippen LogP contribution in [0.3, 0.4) is 0 Å². The summed E-state index contributed by atoms with van der Waals surface area (Å²) in [5.41, 5.74) is 1.49. The summed E-state index contributed by atoms with van der Waals surface area (Å²) in [4.78, 5) is 26.2. The predicted molar refractivity (Wildman–Crippen MR) is 88.1 cm³/mol. The highest BCUT2D eigenvalue weighted by molar-refractivity contribution is 5.81. The van der Waals surface area contributed by atoms with E-state index >= 15 is 0 Å². The van der Waals surface area contributed by atoms with E-state index in [4.69, 9.17) is 4.74 Å². The highest BCUT2D eigenvalue weighted by atomic mass is 16.5. The third-order valence-corrected chi connectivity index (χ3v) is 4.47. The summed E-state index contributed by atoms with van der Waals surface area (Å²) in [7, 11) is 0. The Kier molecular flexibility index (Phi) is 5.08. The Hall–Kier alpha value is -2.44. The van der Waals surface area contributed by atoms with Gasteiger partial charge in [-0.1, -0.05) is 24.3 Å². The van der Waals surface area contributed by atoms with E-state index in [2.05, 4.69) is 17.2 Å². The number of likely N-dealkylation sites (tertiary alicyclic amines) is 1. The van der Waals surface area contributed by atoms with Crippen molar-refractivity contribution in [2.24, 2.45) is 0 Å². The van der Waals surface area contributed by atoms with E-state index in [1.807, 2.05) is 29.2 Å². The highest BCUT2D eigenvalue weighted by Crippen LogP contribution is 2.19. The zero-order valence-electron chi connectivity index (χ0n) is 13.9. The number of nitrogens with zero attached hydrogens (tertiary/aromatic N) is 4. The van der Waals surface area contributed by atoms with E-state index in [-0.39, 0.29) is 25.1 Å². The molecule has 0 bridgehead atoms. The summed E-state index contributed by atoms with van der Waals surface area (Å²) in [5.74, 6) is -0.595. The lowest BCUT2D eigenvalue weighted by atomic mass is 10.00. The average molecular weight is 330 g/mol. The Labute approximate surface area is 140 Å². The van der Waals surface area contributed by atoms with Crippen LogP contribution in [0.25, 0.3) is 11.0 Å². The maximum atomic E-state index is 12.3. The van der Waals surface area contributed by atoms with Gasteiger partial charge < -0.3 is 9.64 Å². The Bertz CT molecular complexity index is 727. The maximum Gasteiger partial charge on any atom is 0.328 e. The number of amides is 1. The minimum Gasteiger partial charge on any atom is -0.454 e. The summed E-state index contributed by atoms with van der Waals surface area (Å²) in [5, 5.41) is 7.94. The number of fused-ring (bicyclic) bond motifs is 1. The van der Waals surface area contributed by atoms with Gasteiger partial charge in [0.2, 0.25) is 0 Å². The van der Waals surface area contributed by atoms with Crippen LogP contribution in [0.15, 0.2) is 24.3 Å². The van der Waals surface area contributed by atoms with Crippen LogP contribution in [-0.2, 0) is 20.9 Å². The van der Waals surface area contributed by atoms with Crippen LogP contribution in [0.5, 0.6) is 0 Å². The van der Waals surface area contributed by atoms with E-state index in [0.29, 0.717) is 0 Å². The Morgan fingerprint density at radius 1 is 1.29 bits per heavy atom. The largest absolute Gasteiger partial charge is 0.454 e. The van der Waals surface area contributed by atoms with Crippen molar-refractivity contribution in [1.82, 2.24) is 19.9 Å². The molecular formula is C17H22N4O3. The van der Waals surface area contributed by atoms with Crippen LogP contribution in [-0.4, -0.2) is 51.0 Å². The molecule has 1 aromatic carbocycles. The monoisotopic (exact) mass is 330 g/mol. The summed E-state index contributed by atoms with van der Waals surface area (Å²) in [6.45, 7) is 2.58. The Morgan fingerprint density at radius 2 is 2.12 bits per heavy atom. The van der Waals surface area contributed by atoms with Crippen LogP contribution in [0.1, 0.15) is 32.6 Å². The molecule has 0 aliphatic carbocycles. The van der Waals surface area contributed by atoms with Gasteiger partial charge in [-0.05, 0) is 37.8 Å². The molecule has 1 aliphatic heterocycles. The molecule has 3 rings (SSSR count). The first kappa shape index (κ1) is 16.4. The Balaban J connectivity index is 1.54. The molecule has 7 heteroatoms. The minimum absolute atomic E-state index is 0.0506. The van der Waals surface area contributed by atoms with Gasteiger partial charge in [-0.2, -0.15) is 0 Å². The molecule has 7 nitrogen and oxygen atoms in total. The van der Waals surface area contributed by atoms with Gasteiger partial charge in [-0.3, -0.25) is 9.59 Å². The van der Waals surface area contributed by atoms with Crippen molar-refractivity contribution in [3.05, 3.63) is 24.3 Å². The van der Waals surface area contributed by atoms with Crippen molar-refractivity contribution in [3.63, 3.8) is 0 Å². The summed E-state index contributed by atoms with van der Waals surface area (Å²) in [6.07, 6.45) is 4.13. The van der Waals surface area contributed by atoms with E-state index in [1.54, 1.807) is 0 Å². The molecule has 1 unspecified atom stereocenters. The summed E-state index contributed by atoms with van der Waals surface area (Å²) < 4.78 is 6.64. The normalized spacial score (nSPS) is 17.9. The first-order chi connectivity index (χ1) is 11.7. The molecule has 1 amide bonds. The van der Waals surface area contributed by atoms with Crippen LogP contribution >= 0.6 is 0 Å². The number of carbonyl (C=O) groups is 2. The Morgan fingerprint density at radius 3 is 2.96 bits per heavy atom. The zero-order valence-corrected chi connectivity index (χ0v) is 13.9. The summed E-state index contributed by atoms with van der Waals surface area (Å²) >= 11 is 0. The molecule has 128 valence electrons. The topological polar surface area (TPSA) is 77.3 Å². The number of hydrogen-bond donors (Lipinski definition) is 0. The first-order valence-electron chi connectivity index (χ1n) is 8.42. The van der Waals surface area contributed by atoms with Crippen LogP contribution in [0, 0.1) is 0 Å². The van der Waals surface area contributed by atoms with Gasteiger partial charge in [0.1, 0.15) is 12.1 Å². The van der Waals surface area contributed by atoms with Crippen molar-refractivity contribution in [2.75, 3.05) is 13.2 Å². The molecule has 0 saturated carbocycles. The average Bonchev–Trinajstić information content (AvgIpc) is 3.02. The lowest BCUT2D eigenvalue weighted by Crippen LogP contribution is -2.45. The fraction of sp³-hybridized carbons (Fsp3) is 0.529. The second-order valence-electron chi connectivity index (χ2n) is 6.04. The molecule has 2 heterocycles. The number of hydrogen-bond acceptors (Lipinski definition) is 5. The van der Waals surface area contributed by atoms with Gasteiger partial charge in [0.05, 0.1) is 5.52 Å². The van der Waals surface area contributed by atoms with Crippen molar-refractivity contribution in [2.45, 2.75) is 45.2 Å². The van der Waals surface area contributed by atoms with E-state index in [9.17, 15) is 9.59 Å². The number of para-hydroxylation sites is 1. The van der Waals surface area contributed by atoms with Gasteiger partial charge in [0.25, 0.3) is 5.91 Å². The van der Waals surface area contributed by atoms with Crippen LogP contribution in [0.4, 0.5) is 0 Å². The number of esters is 1. The van der Waals surface area contributed by atoms with Gasteiger partial charge in [0.15, 0.2) is 6.61 Å². The molecule has 0 radical (unpaired) electrons. The molecular weight excluding hydrogens is 308 g/mol. The van der Waals surface area contributed by atoms with Gasteiger partial charge in [-0.15, -0.1) is 5.10 Å². The van der Waals surface area contributed by atoms with Crippen LogP contribution < -0.4 is 0 Å². The molecule has 1 fully saturated rings. The molecule has 1 aromatic heterocycles. The quantitative estimate of drug-likeness (QED) is 0.781. The number of carbonyl (C=O) groups excluding carboxylic acids is 2. The van der Waals surface area contributed by atoms with Gasteiger partial charge in [-0.25, -0.2) is 4.68 Å². The first-order valence-corrected chi connectivity index (χ1v) is 8.42. The van der Waals surface area contributed by atoms with E-state index in [1.165, 1.54) is 4.68 Å². The van der Waals surface area contributed by atoms with Gasteiger partial charge in [0, 0.05) is 12.6 Å². The molecule has 1 atom stereocenters. The van der Waals surface area contributed by atoms with E-state index in [0.717, 1.165) is 43.3 Å². The SMILES string of the molecule is CCC1CCCCN1C(=O)COC(=O)Cn1nnc2ccccc21. The molecule has 1 aliphatic rings. The fourth-order valence-electron chi connectivity index (χ4n) is 3.18. The second kappa shape index (κ2) is 7.42. The second-order valence-corrected chi connectivity index (χ2v) is 6.04. The molecule has 2 aromatic rings. The van der Waals surface area contributed by atoms with Crippen molar-refractivity contribution in [3.8, 4) is 0 Å². The third kappa shape index (κ3) is 3.55. The maximum absolute atomic E-state index is 12.3. The number of ether oxygens (including phenoxy) is 1. The standard InChI is InChI=1S/C17H22N4O3/c1-2-13-7-5-6-10-20(13)16(22)12-24-17(23)11-21-15-9-4-3-8-14(15)18-19-21/h3-4,8-9,13H,2,5-7,10-12H2,1H3. The zero-order chi connectivity index (χ0) is 16.9. The number of aromatic nitrogens is 3. The van der Waals surface area contributed by atoms with Crippen molar-refractivity contribution in [1.29, 1.82) is 0 Å². The molecule has 24 heavy (non-hydrogen) atoms. The lowest BCUT2D eigenvalue weighted by molar-refractivity contribution is -0.154. The highest BCUT2D eigenvalue weighted by Gasteiger charge is 2.26. The number of rotatable bonds is 5. The number of piperidine rings is 1. The van der Waals surface area contributed by atoms with E-state index < -0.39 is 5.97 Å². The van der Waals surface area contributed by atoms with Crippen LogP contribution in [0.2, 0.25) is 0 Å². The molecule has 0 N–H and O–H groups in total. The number of benzene rings is 1. The summed E-state index contributed by atoms with van der Waals surface area (Å²) in [6, 6.07) is 7.66. The molecule has 1 saturated heterocycles.